The van der Waals surface area contributed by atoms with Gasteiger partial charge in [0.05, 0.1) is 26.1 Å². The lowest BCUT2D eigenvalue weighted by molar-refractivity contribution is 0.395. The van der Waals surface area contributed by atoms with Gasteiger partial charge in [0.2, 0.25) is 0 Å². The lowest BCUT2D eigenvalue weighted by Crippen LogP contribution is -2.02. The third-order valence-electron chi connectivity index (χ3n) is 2.95. The van der Waals surface area contributed by atoms with Crippen LogP contribution in [-0.4, -0.2) is 29.6 Å². The normalized spacial score (nSPS) is 12.2. The fourth-order valence-corrected chi connectivity index (χ4v) is 1.97. The molecule has 0 fully saturated rings. The molecule has 1 heterocycles. The minimum Gasteiger partial charge on any atom is -0.497 e. The molecule has 0 aliphatic rings. The maximum atomic E-state index is 5.39. The number of rotatable bonds is 5. The van der Waals surface area contributed by atoms with Gasteiger partial charge in [0.15, 0.2) is 0 Å². The molecule has 5 heteroatoms. The van der Waals surface area contributed by atoms with Crippen molar-refractivity contribution in [3.05, 3.63) is 35.7 Å². The molecule has 0 amide bonds. The zero-order chi connectivity index (χ0) is 13.0. The zero-order valence-electron chi connectivity index (χ0n) is 10.8. The van der Waals surface area contributed by atoms with Gasteiger partial charge in [-0.25, -0.2) is 0 Å². The minimum atomic E-state index is 0.278. The highest BCUT2D eigenvalue weighted by atomic mass is 16.5. The van der Waals surface area contributed by atoms with E-state index in [0.717, 1.165) is 29.2 Å². The van der Waals surface area contributed by atoms with E-state index in [-0.39, 0.29) is 5.92 Å². The van der Waals surface area contributed by atoms with Crippen molar-refractivity contribution in [3.63, 3.8) is 0 Å². The monoisotopic (exact) mass is 247 g/mol. The number of aromatic nitrogens is 3. The van der Waals surface area contributed by atoms with Gasteiger partial charge < -0.3 is 9.47 Å². The van der Waals surface area contributed by atoms with Crippen LogP contribution in [0.15, 0.2) is 24.4 Å². The Kier molecular flexibility index (Phi) is 3.82. The molecule has 0 aliphatic carbocycles. The topological polar surface area (TPSA) is 60.0 Å². The van der Waals surface area contributed by atoms with Gasteiger partial charge in [-0.05, 0) is 30.5 Å². The van der Waals surface area contributed by atoms with Gasteiger partial charge in [-0.15, -0.1) is 0 Å². The number of H-pyrrole nitrogens is 1. The van der Waals surface area contributed by atoms with Crippen molar-refractivity contribution in [1.82, 2.24) is 15.4 Å². The van der Waals surface area contributed by atoms with Crippen LogP contribution in [0.25, 0.3) is 0 Å². The van der Waals surface area contributed by atoms with Gasteiger partial charge >= 0.3 is 0 Å². The van der Waals surface area contributed by atoms with Crippen molar-refractivity contribution in [2.24, 2.45) is 0 Å². The van der Waals surface area contributed by atoms with E-state index in [0.29, 0.717) is 0 Å². The van der Waals surface area contributed by atoms with Crippen molar-refractivity contribution in [2.45, 2.75) is 19.3 Å². The van der Waals surface area contributed by atoms with Crippen LogP contribution in [0.5, 0.6) is 11.5 Å². The Morgan fingerprint density at radius 3 is 2.72 bits per heavy atom. The number of nitrogens with zero attached hydrogens (tertiary/aromatic N) is 2. The minimum absolute atomic E-state index is 0.278. The van der Waals surface area contributed by atoms with Gasteiger partial charge in [0, 0.05) is 5.56 Å². The zero-order valence-corrected chi connectivity index (χ0v) is 10.8. The van der Waals surface area contributed by atoms with E-state index in [1.54, 1.807) is 20.4 Å². The fraction of sp³-hybridized carbons (Fsp3) is 0.385. The molecular formula is C13H17N3O2. The molecule has 5 nitrogen and oxygen atoms in total. The molecular weight excluding hydrogens is 230 g/mol. The predicted octanol–water partition coefficient (Wildman–Crippen LogP) is 2.17. The van der Waals surface area contributed by atoms with Gasteiger partial charge in [-0.3, -0.25) is 0 Å². The molecule has 1 unspecified atom stereocenters. The second-order valence-electron chi connectivity index (χ2n) is 4.17. The van der Waals surface area contributed by atoms with Crippen LogP contribution < -0.4 is 9.47 Å². The van der Waals surface area contributed by atoms with Crippen LogP contribution in [0.2, 0.25) is 0 Å². The summed E-state index contributed by atoms with van der Waals surface area (Å²) in [6.45, 7) is 2.13. The second-order valence-corrected chi connectivity index (χ2v) is 4.17. The van der Waals surface area contributed by atoms with Crippen LogP contribution >= 0.6 is 0 Å². The summed E-state index contributed by atoms with van der Waals surface area (Å²) in [6, 6.07) is 5.82. The predicted molar refractivity (Wildman–Crippen MR) is 68.0 cm³/mol. The molecule has 1 N–H and O–H groups in total. The van der Waals surface area contributed by atoms with E-state index in [1.165, 1.54) is 0 Å². The molecule has 0 spiro atoms. The molecule has 0 saturated carbocycles. The number of methoxy groups -OCH3 is 2. The average molecular weight is 247 g/mol. The Hall–Kier alpha value is -2.04. The quantitative estimate of drug-likeness (QED) is 0.879. The summed E-state index contributed by atoms with van der Waals surface area (Å²) in [5.41, 5.74) is 2.05. The summed E-state index contributed by atoms with van der Waals surface area (Å²) in [7, 11) is 3.34. The van der Waals surface area contributed by atoms with Crippen molar-refractivity contribution >= 4 is 0 Å². The van der Waals surface area contributed by atoms with Gasteiger partial charge in [-0.1, -0.05) is 6.92 Å². The smallest absolute Gasteiger partial charge is 0.122 e. The average Bonchev–Trinajstić information content (AvgIpc) is 2.90. The molecule has 2 aromatic rings. The highest BCUT2D eigenvalue weighted by Gasteiger charge is 2.14. The van der Waals surface area contributed by atoms with E-state index in [2.05, 4.69) is 22.3 Å². The van der Waals surface area contributed by atoms with E-state index in [9.17, 15) is 0 Å². The summed E-state index contributed by atoms with van der Waals surface area (Å²) in [6.07, 6.45) is 2.54. The number of benzene rings is 1. The first-order chi connectivity index (χ1) is 8.74. The number of ether oxygens (including phenoxy) is 2. The van der Waals surface area contributed by atoms with Crippen LogP contribution in [-0.2, 0) is 6.42 Å². The highest BCUT2D eigenvalue weighted by molar-refractivity contribution is 5.42. The lowest BCUT2D eigenvalue weighted by Gasteiger charge is -2.15. The first-order valence-electron chi connectivity index (χ1n) is 5.81. The van der Waals surface area contributed by atoms with E-state index < -0.39 is 0 Å². The summed E-state index contributed by atoms with van der Waals surface area (Å²) in [4.78, 5) is 0. The van der Waals surface area contributed by atoms with Crippen molar-refractivity contribution in [3.8, 4) is 11.5 Å². The van der Waals surface area contributed by atoms with Crippen LogP contribution in [0.4, 0.5) is 0 Å². The molecule has 0 saturated heterocycles. The lowest BCUT2D eigenvalue weighted by atomic mass is 9.95. The fourth-order valence-electron chi connectivity index (χ4n) is 1.97. The first kappa shape index (κ1) is 12.4. The van der Waals surface area contributed by atoms with Crippen molar-refractivity contribution in [1.29, 1.82) is 0 Å². The molecule has 0 bridgehead atoms. The van der Waals surface area contributed by atoms with E-state index in [1.807, 2.05) is 18.2 Å². The number of hydrogen-bond acceptors (Lipinski definition) is 4. The molecule has 1 aromatic carbocycles. The summed E-state index contributed by atoms with van der Waals surface area (Å²) >= 11 is 0. The van der Waals surface area contributed by atoms with Crippen LogP contribution in [0.3, 0.4) is 0 Å². The SMILES string of the molecule is COc1ccc(OC)c(C(C)Cc2cn[nH]n2)c1. The molecule has 0 aliphatic heterocycles. The summed E-state index contributed by atoms with van der Waals surface area (Å²) in [5, 5.41) is 10.5. The van der Waals surface area contributed by atoms with Crippen molar-refractivity contribution < 1.29 is 9.47 Å². The first-order valence-corrected chi connectivity index (χ1v) is 5.81. The molecule has 0 radical (unpaired) electrons. The Labute approximate surface area is 106 Å². The highest BCUT2D eigenvalue weighted by Crippen LogP contribution is 2.31. The second kappa shape index (κ2) is 5.53. The summed E-state index contributed by atoms with van der Waals surface area (Å²) in [5.74, 6) is 1.98. The summed E-state index contributed by atoms with van der Waals surface area (Å²) < 4.78 is 10.6. The maximum Gasteiger partial charge on any atom is 0.122 e. The largest absolute Gasteiger partial charge is 0.497 e. The van der Waals surface area contributed by atoms with Gasteiger partial charge in [0.25, 0.3) is 0 Å². The van der Waals surface area contributed by atoms with E-state index in [4.69, 9.17) is 9.47 Å². The Balaban J connectivity index is 2.24. The Morgan fingerprint density at radius 2 is 2.11 bits per heavy atom. The van der Waals surface area contributed by atoms with Crippen LogP contribution in [0.1, 0.15) is 24.1 Å². The van der Waals surface area contributed by atoms with Gasteiger partial charge in [-0.2, -0.15) is 15.4 Å². The standard InChI is InChI=1S/C13H17N3O2/c1-9(6-10-8-14-16-15-10)12-7-11(17-2)4-5-13(12)18-3/h4-5,7-9H,6H2,1-3H3,(H,14,15,16). The molecule has 2 rings (SSSR count). The number of nitrogens with one attached hydrogen (secondary N) is 1. The maximum absolute atomic E-state index is 5.39. The molecule has 1 aromatic heterocycles. The molecule has 18 heavy (non-hydrogen) atoms. The molecule has 1 atom stereocenters. The number of hydrogen-bond donors (Lipinski definition) is 1. The third-order valence-corrected chi connectivity index (χ3v) is 2.95. The Morgan fingerprint density at radius 1 is 1.28 bits per heavy atom. The third kappa shape index (κ3) is 2.61. The van der Waals surface area contributed by atoms with Crippen molar-refractivity contribution in [2.75, 3.05) is 14.2 Å². The van der Waals surface area contributed by atoms with E-state index >= 15 is 0 Å². The van der Waals surface area contributed by atoms with Crippen LogP contribution in [0, 0.1) is 0 Å². The number of aromatic amines is 1. The molecule has 96 valence electrons. The van der Waals surface area contributed by atoms with Gasteiger partial charge in [0.1, 0.15) is 11.5 Å². The Bertz CT molecular complexity index is 497.